The molecule has 20 heavy (non-hydrogen) atoms. The molecule has 0 heterocycles. The highest BCUT2D eigenvalue weighted by Crippen LogP contribution is 2.30. The zero-order valence-corrected chi connectivity index (χ0v) is 14.5. The summed E-state index contributed by atoms with van der Waals surface area (Å²) >= 11 is 2.00. The smallest absolute Gasteiger partial charge is 0.122 e. The maximum Gasteiger partial charge on any atom is 0.122 e. The Balaban J connectivity index is 2.83. The van der Waals surface area contributed by atoms with Crippen LogP contribution < -0.4 is 10.1 Å². The fraction of sp³-hybridized carbons (Fsp3) is 0.647. The average molecular weight is 295 g/mol. The lowest BCUT2D eigenvalue weighted by molar-refractivity contribution is 0.411. The van der Waals surface area contributed by atoms with Crippen LogP contribution in [0.5, 0.6) is 5.75 Å². The van der Waals surface area contributed by atoms with Crippen molar-refractivity contribution in [3.05, 3.63) is 29.3 Å². The summed E-state index contributed by atoms with van der Waals surface area (Å²) in [6, 6.07) is 6.93. The topological polar surface area (TPSA) is 21.3 Å². The molecule has 114 valence electrons. The molecule has 0 aromatic heterocycles. The van der Waals surface area contributed by atoms with Crippen molar-refractivity contribution in [2.75, 3.05) is 13.7 Å². The first-order chi connectivity index (χ1) is 9.49. The van der Waals surface area contributed by atoms with Gasteiger partial charge in [0, 0.05) is 22.6 Å². The Bertz CT molecular complexity index is 406. The monoisotopic (exact) mass is 295 g/mol. The van der Waals surface area contributed by atoms with Crippen LogP contribution in [0.2, 0.25) is 0 Å². The van der Waals surface area contributed by atoms with E-state index in [-0.39, 0.29) is 0 Å². The zero-order valence-electron chi connectivity index (χ0n) is 13.7. The van der Waals surface area contributed by atoms with Gasteiger partial charge in [-0.1, -0.05) is 33.8 Å². The van der Waals surface area contributed by atoms with Crippen LogP contribution in [-0.2, 0) is 5.75 Å². The first-order valence-corrected chi connectivity index (χ1v) is 8.56. The molecule has 0 fully saturated rings. The molecule has 2 unspecified atom stereocenters. The molecule has 0 spiro atoms. The first-order valence-electron chi connectivity index (χ1n) is 7.51. The van der Waals surface area contributed by atoms with E-state index in [9.17, 15) is 0 Å². The van der Waals surface area contributed by atoms with Crippen LogP contribution in [0.4, 0.5) is 0 Å². The molecule has 1 rings (SSSR count). The second-order valence-corrected chi connectivity index (χ2v) is 6.98. The van der Waals surface area contributed by atoms with Gasteiger partial charge in [-0.05, 0) is 37.1 Å². The summed E-state index contributed by atoms with van der Waals surface area (Å²) in [6.07, 6.45) is 0. The number of nitrogens with one attached hydrogen (secondary N) is 1. The standard InChI is InChI=1S/C17H29NOS/c1-7-18-13(4)15-8-9-17(19-6)16(10-15)11-20-14(5)12(2)3/h8-10,12-14,18H,7,11H2,1-6H3. The van der Waals surface area contributed by atoms with Crippen molar-refractivity contribution < 1.29 is 4.74 Å². The van der Waals surface area contributed by atoms with E-state index >= 15 is 0 Å². The first kappa shape index (κ1) is 17.4. The predicted octanol–water partition coefficient (Wildman–Crippen LogP) is 4.64. The van der Waals surface area contributed by atoms with E-state index in [2.05, 4.69) is 58.1 Å². The third kappa shape index (κ3) is 5.02. The second kappa shape index (κ2) is 8.58. The van der Waals surface area contributed by atoms with Gasteiger partial charge in [0.15, 0.2) is 0 Å². The van der Waals surface area contributed by atoms with Crippen LogP contribution in [0.1, 0.15) is 51.8 Å². The molecule has 0 aliphatic carbocycles. The van der Waals surface area contributed by atoms with Gasteiger partial charge in [-0.3, -0.25) is 0 Å². The number of thioether (sulfide) groups is 1. The van der Waals surface area contributed by atoms with Crippen molar-refractivity contribution in [2.24, 2.45) is 5.92 Å². The van der Waals surface area contributed by atoms with E-state index in [4.69, 9.17) is 4.74 Å². The molecule has 1 aromatic carbocycles. The normalized spacial score (nSPS) is 14.3. The molecule has 1 N–H and O–H groups in total. The SMILES string of the molecule is CCNC(C)c1ccc(OC)c(CSC(C)C(C)C)c1. The Labute approximate surface area is 128 Å². The molecule has 0 bridgehead atoms. The van der Waals surface area contributed by atoms with Crippen molar-refractivity contribution in [2.45, 2.75) is 51.7 Å². The van der Waals surface area contributed by atoms with Crippen molar-refractivity contribution in [1.82, 2.24) is 5.32 Å². The van der Waals surface area contributed by atoms with Gasteiger partial charge >= 0.3 is 0 Å². The minimum absolute atomic E-state index is 0.386. The molecule has 2 nitrogen and oxygen atoms in total. The fourth-order valence-electron chi connectivity index (χ4n) is 2.02. The third-order valence-electron chi connectivity index (χ3n) is 3.76. The Hall–Kier alpha value is -0.670. The minimum Gasteiger partial charge on any atom is -0.496 e. The Kier molecular flexibility index (Phi) is 7.46. The number of benzene rings is 1. The van der Waals surface area contributed by atoms with Crippen molar-refractivity contribution >= 4 is 11.8 Å². The molecule has 2 atom stereocenters. The predicted molar refractivity (Wildman–Crippen MR) is 90.7 cm³/mol. The number of hydrogen-bond donors (Lipinski definition) is 1. The summed E-state index contributed by atoms with van der Waals surface area (Å²) in [7, 11) is 1.75. The highest BCUT2D eigenvalue weighted by Gasteiger charge is 2.12. The molecule has 0 aliphatic heterocycles. The lowest BCUT2D eigenvalue weighted by Gasteiger charge is -2.18. The Morgan fingerprint density at radius 1 is 1.20 bits per heavy atom. The number of hydrogen-bond acceptors (Lipinski definition) is 3. The van der Waals surface area contributed by atoms with Gasteiger partial charge in [0.05, 0.1) is 7.11 Å². The van der Waals surface area contributed by atoms with Crippen LogP contribution in [0.25, 0.3) is 0 Å². The van der Waals surface area contributed by atoms with E-state index in [1.807, 2.05) is 11.8 Å². The van der Waals surface area contributed by atoms with E-state index in [0.717, 1.165) is 18.0 Å². The average Bonchev–Trinajstić information content (AvgIpc) is 2.44. The van der Waals surface area contributed by atoms with Crippen LogP contribution in [-0.4, -0.2) is 18.9 Å². The number of ether oxygens (including phenoxy) is 1. The van der Waals surface area contributed by atoms with E-state index in [0.29, 0.717) is 17.2 Å². The molecular formula is C17H29NOS. The number of rotatable bonds is 8. The summed E-state index contributed by atoms with van der Waals surface area (Å²) in [4.78, 5) is 0. The van der Waals surface area contributed by atoms with Crippen molar-refractivity contribution in [3.8, 4) is 5.75 Å². The van der Waals surface area contributed by atoms with Gasteiger partial charge in [-0.25, -0.2) is 0 Å². The molecule has 3 heteroatoms. The van der Waals surface area contributed by atoms with Gasteiger partial charge in [-0.15, -0.1) is 0 Å². The Morgan fingerprint density at radius 2 is 1.90 bits per heavy atom. The highest BCUT2D eigenvalue weighted by molar-refractivity contribution is 7.99. The van der Waals surface area contributed by atoms with E-state index in [1.165, 1.54) is 11.1 Å². The van der Waals surface area contributed by atoms with Gasteiger partial charge in [-0.2, -0.15) is 11.8 Å². The molecule has 0 saturated heterocycles. The summed E-state index contributed by atoms with van der Waals surface area (Å²) in [5.74, 6) is 2.71. The van der Waals surface area contributed by atoms with Crippen molar-refractivity contribution in [1.29, 1.82) is 0 Å². The lowest BCUT2D eigenvalue weighted by atomic mass is 10.0. The summed E-state index contributed by atoms with van der Waals surface area (Å²) in [6.45, 7) is 12.2. The van der Waals surface area contributed by atoms with E-state index in [1.54, 1.807) is 7.11 Å². The summed E-state index contributed by atoms with van der Waals surface area (Å²) in [5, 5.41) is 4.12. The van der Waals surface area contributed by atoms with E-state index < -0.39 is 0 Å². The van der Waals surface area contributed by atoms with Crippen LogP contribution in [0, 0.1) is 5.92 Å². The summed E-state index contributed by atoms with van der Waals surface area (Å²) < 4.78 is 5.50. The fourth-order valence-corrected chi connectivity index (χ4v) is 3.07. The molecule has 1 aromatic rings. The zero-order chi connectivity index (χ0) is 15.1. The highest BCUT2D eigenvalue weighted by atomic mass is 32.2. The van der Waals surface area contributed by atoms with Gasteiger partial charge in [0.2, 0.25) is 0 Å². The molecule has 0 aliphatic rings. The number of methoxy groups -OCH3 is 1. The lowest BCUT2D eigenvalue weighted by Crippen LogP contribution is -2.17. The Morgan fingerprint density at radius 3 is 2.45 bits per heavy atom. The van der Waals surface area contributed by atoms with Gasteiger partial charge in [0.1, 0.15) is 5.75 Å². The maximum atomic E-state index is 5.50. The van der Waals surface area contributed by atoms with Gasteiger partial charge in [0.25, 0.3) is 0 Å². The molecular weight excluding hydrogens is 266 g/mol. The van der Waals surface area contributed by atoms with Gasteiger partial charge < -0.3 is 10.1 Å². The molecule has 0 saturated carbocycles. The molecule has 0 amide bonds. The van der Waals surface area contributed by atoms with Crippen LogP contribution >= 0.6 is 11.8 Å². The second-order valence-electron chi connectivity index (χ2n) is 5.61. The van der Waals surface area contributed by atoms with Crippen LogP contribution in [0.15, 0.2) is 18.2 Å². The van der Waals surface area contributed by atoms with Crippen LogP contribution in [0.3, 0.4) is 0 Å². The summed E-state index contributed by atoms with van der Waals surface area (Å²) in [5.41, 5.74) is 2.63. The maximum absolute atomic E-state index is 5.50. The minimum atomic E-state index is 0.386. The quantitative estimate of drug-likeness (QED) is 0.754. The van der Waals surface area contributed by atoms with Crippen molar-refractivity contribution in [3.63, 3.8) is 0 Å². The largest absolute Gasteiger partial charge is 0.496 e. The third-order valence-corrected chi connectivity index (χ3v) is 5.30. The molecule has 0 radical (unpaired) electrons.